The van der Waals surface area contributed by atoms with Crippen molar-refractivity contribution in [3.8, 4) is 0 Å². The van der Waals surface area contributed by atoms with Crippen LogP contribution in [0.1, 0.15) is 40.1 Å². The minimum absolute atomic E-state index is 0.135. The predicted molar refractivity (Wildman–Crippen MR) is 105 cm³/mol. The molecular weight excluding hydrogens is 382 g/mol. The molecule has 0 spiro atoms. The van der Waals surface area contributed by atoms with E-state index in [4.69, 9.17) is 4.74 Å². The summed E-state index contributed by atoms with van der Waals surface area (Å²) in [4.78, 5) is 36.0. The number of carbonyl (C=O) groups excluding carboxylic acids is 3. The van der Waals surface area contributed by atoms with E-state index in [1.807, 2.05) is 0 Å². The molecule has 0 unspecified atom stereocenters. The standard InChI is InChI=1S/C20H21NO6S/c1-13(22)16-7-5-9-18(11-16)21-19(23)14(2)27-20(24)17-8-4-6-15(10-17)12-28(3,25)26/h4-11,14H,12H2,1-3H3,(H,21,23)/t14-/m0/s1. The highest BCUT2D eigenvalue weighted by Crippen LogP contribution is 2.14. The Kier molecular flexibility index (Phi) is 6.69. The van der Waals surface area contributed by atoms with Gasteiger partial charge in [-0.1, -0.05) is 24.3 Å². The van der Waals surface area contributed by atoms with E-state index >= 15 is 0 Å². The van der Waals surface area contributed by atoms with E-state index < -0.39 is 27.8 Å². The van der Waals surface area contributed by atoms with Crippen molar-refractivity contribution in [2.45, 2.75) is 25.7 Å². The lowest BCUT2D eigenvalue weighted by Crippen LogP contribution is -2.30. The van der Waals surface area contributed by atoms with Crippen LogP contribution in [0.4, 0.5) is 5.69 Å². The number of hydrogen-bond donors (Lipinski definition) is 1. The molecule has 1 N–H and O–H groups in total. The normalized spacial score (nSPS) is 12.1. The Hall–Kier alpha value is -3.00. The van der Waals surface area contributed by atoms with Gasteiger partial charge in [0.25, 0.3) is 5.91 Å². The average molecular weight is 403 g/mol. The SMILES string of the molecule is CC(=O)c1cccc(NC(=O)[C@H](C)OC(=O)c2cccc(CS(C)(=O)=O)c2)c1. The van der Waals surface area contributed by atoms with Gasteiger partial charge in [-0.2, -0.15) is 0 Å². The molecule has 2 aromatic carbocycles. The first-order chi connectivity index (χ1) is 13.0. The first-order valence-electron chi connectivity index (χ1n) is 8.44. The van der Waals surface area contributed by atoms with Crippen molar-refractivity contribution in [2.75, 3.05) is 11.6 Å². The summed E-state index contributed by atoms with van der Waals surface area (Å²) >= 11 is 0. The molecular formula is C20H21NO6S. The number of ketones is 1. The predicted octanol–water partition coefficient (Wildman–Crippen LogP) is 2.62. The van der Waals surface area contributed by atoms with Gasteiger partial charge in [-0.15, -0.1) is 0 Å². The fourth-order valence-corrected chi connectivity index (χ4v) is 3.22. The maximum Gasteiger partial charge on any atom is 0.338 e. The van der Waals surface area contributed by atoms with Gasteiger partial charge < -0.3 is 10.1 Å². The minimum atomic E-state index is -3.24. The van der Waals surface area contributed by atoms with E-state index in [9.17, 15) is 22.8 Å². The van der Waals surface area contributed by atoms with E-state index in [0.29, 0.717) is 16.8 Å². The van der Waals surface area contributed by atoms with Gasteiger partial charge >= 0.3 is 5.97 Å². The molecule has 1 amide bonds. The van der Waals surface area contributed by atoms with Crippen LogP contribution in [0.15, 0.2) is 48.5 Å². The highest BCUT2D eigenvalue weighted by Gasteiger charge is 2.20. The molecule has 0 heterocycles. The zero-order chi connectivity index (χ0) is 20.9. The molecule has 0 aliphatic carbocycles. The van der Waals surface area contributed by atoms with Gasteiger partial charge in [0.05, 0.1) is 11.3 Å². The summed E-state index contributed by atoms with van der Waals surface area (Å²) in [6.07, 6.45) is 0.0120. The Bertz CT molecular complexity index is 1010. The highest BCUT2D eigenvalue weighted by atomic mass is 32.2. The van der Waals surface area contributed by atoms with Gasteiger partial charge in [0.1, 0.15) is 0 Å². The Labute approximate surface area is 163 Å². The third kappa shape index (κ3) is 6.31. The molecule has 7 nitrogen and oxygen atoms in total. The molecule has 0 radical (unpaired) electrons. The summed E-state index contributed by atoms with van der Waals surface area (Å²) in [5, 5.41) is 2.59. The second-order valence-electron chi connectivity index (χ2n) is 6.44. The van der Waals surface area contributed by atoms with E-state index in [1.165, 1.54) is 32.0 Å². The van der Waals surface area contributed by atoms with Gasteiger partial charge in [-0.3, -0.25) is 9.59 Å². The average Bonchev–Trinajstić information content (AvgIpc) is 2.60. The molecule has 1 atom stereocenters. The first kappa shape index (κ1) is 21.3. The number of anilines is 1. The van der Waals surface area contributed by atoms with Crippen LogP contribution in [0.3, 0.4) is 0 Å². The van der Waals surface area contributed by atoms with Crippen LogP contribution >= 0.6 is 0 Å². The van der Waals surface area contributed by atoms with Crippen LogP contribution in [-0.4, -0.2) is 38.4 Å². The maximum absolute atomic E-state index is 12.3. The number of sulfone groups is 1. The van der Waals surface area contributed by atoms with Crippen molar-refractivity contribution in [1.29, 1.82) is 0 Å². The fraction of sp³-hybridized carbons (Fsp3) is 0.250. The minimum Gasteiger partial charge on any atom is -0.449 e. The first-order valence-corrected chi connectivity index (χ1v) is 10.5. The molecule has 2 rings (SSSR count). The van der Waals surface area contributed by atoms with Gasteiger partial charge in [0.15, 0.2) is 21.7 Å². The monoisotopic (exact) mass is 403 g/mol. The van der Waals surface area contributed by atoms with Crippen LogP contribution < -0.4 is 5.32 Å². The van der Waals surface area contributed by atoms with Crippen LogP contribution in [0.25, 0.3) is 0 Å². The van der Waals surface area contributed by atoms with Crippen molar-refractivity contribution >= 4 is 33.2 Å². The Morgan fingerprint density at radius 2 is 1.68 bits per heavy atom. The molecule has 148 valence electrons. The summed E-state index contributed by atoms with van der Waals surface area (Å²) in [5.41, 5.74) is 1.47. The van der Waals surface area contributed by atoms with E-state index in [-0.39, 0.29) is 17.1 Å². The fourth-order valence-electron chi connectivity index (χ4n) is 2.43. The topological polar surface area (TPSA) is 107 Å². The molecule has 8 heteroatoms. The van der Waals surface area contributed by atoms with Crippen molar-refractivity contribution in [1.82, 2.24) is 0 Å². The van der Waals surface area contributed by atoms with E-state index in [0.717, 1.165) is 6.26 Å². The van der Waals surface area contributed by atoms with Crippen molar-refractivity contribution in [2.24, 2.45) is 0 Å². The molecule has 0 saturated carbocycles. The summed E-state index contributed by atoms with van der Waals surface area (Å²) in [6, 6.07) is 12.5. The molecule has 2 aromatic rings. The van der Waals surface area contributed by atoms with Crippen LogP contribution in [0.2, 0.25) is 0 Å². The summed E-state index contributed by atoms with van der Waals surface area (Å²) in [6.45, 7) is 2.84. The largest absolute Gasteiger partial charge is 0.449 e. The van der Waals surface area contributed by atoms with Crippen molar-refractivity contribution in [3.63, 3.8) is 0 Å². The number of Topliss-reactive ketones (excluding diaryl/α,β-unsaturated/α-hetero) is 1. The quantitative estimate of drug-likeness (QED) is 0.563. The number of nitrogens with one attached hydrogen (secondary N) is 1. The van der Waals surface area contributed by atoms with Crippen molar-refractivity contribution in [3.05, 3.63) is 65.2 Å². The second-order valence-corrected chi connectivity index (χ2v) is 8.58. The number of ether oxygens (including phenoxy) is 1. The van der Waals surface area contributed by atoms with Crippen LogP contribution in [0, 0.1) is 0 Å². The Morgan fingerprint density at radius 3 is 2.32 bits per heavy atom. The molecule has 28 heavy (non-hydrogen) atoms. The molecule has 0 saturated heterocycles. The molecule has 0 aliphatic heterocycles. The highest BCUT2D eigenvalue weighted by molar-refractivity contribution is 7.89. The smallest absolute Gasteiger partial charge is 0.338 e. The molecule has 0 fully saturated rings. The molecule has 0 bridgehead atoms. The molecule has 0 aromatic heterocycles. The Morgan fingerprint density at radius 1 is 1.04 bits per heavy atom. The lowest BCUT2D eigenvalue weighted by Gasteiger charge is -2.14. The zero-order valence-electron chi connectivity index (χ0n) is 15.8. The zero-order valence-corrected chi connectivity index (χ0v) is 16.6. The van der Waals surface area contributed by atoms with E-state index in [2.05, 4.69) is 5.32 Å². The number of esters is 1. The van der Waals surface area contributed by atoms with Crippen LogP contribution in [-0.2, 0) is 25.1 Å². The lowest BCUT2D eigenvalue weighted by atomic mass is 10.1. The lowest BCUT2D eigenvalue weighted by molar-refractivity contribution is -0.123. The third-order valence-electron chi connectivity index (χ3n) is 3.78. The van der Waals surface area contributed by atoms with Gasteiger partial charge in [0, 0.05) is 17.5 Å². The maximum atomic E-state index is 12.3. The van der Waals surface area contributed by atoms with Gasteiger partial charge in [0.2, 0.25) is 0 Å². The second kappa shape index (κ2) is 8.79. The number of amides is 1. The summed E-state index contributed by atoms with van der Waals surface area (Å²) in [7, 11) is -3.24. The number of benzene rings is 2. The summed E-state index contributed by atoms with van der Waals surface area (Å²) in [5.74, 6) is -1.63. The van der Waals surface area contributed by atoms with Crippen molar-refractivity contribution < 1.29 is 27.5 Å². The van der Waals surface area contributed by atoms with E-state index in [1.54, 1.807) is 30.3 Å². The number of carbonyl (C=O) groups is 3. The number of rotatable bonds is 7. The number of hydrogen-bond acceptors (Lipinski definition) is 6. The third-order valence-corrected chi connectivity index (χ3v) is 4.64. The van der Waals surface area contributed by atoms with Crippen LogP contribution in [0.5, 0.6) is 0 Å². The Balaban J connectivity index is 2.03. The van der Waals surface area contributed by atoms with Gasteiger partial charge in [-0.05, 0) is 43.7 Å². The summed E-state index contributed by atoms with van der Waals surface area (Å²) < 4.78 is 28.0. The van der Waals surface area contributed by atoms with Gasteiger partial charge in [-0.25, -0.2) is 13.2 Å². The molecule has 0 aliphatic rings.